The molecule has 50 valence electrons. The van der Waals surface area contributed by atoms with Crippen molar-refractivity contribution in [2.75, 3.05) is 0 Å². The van der Waals surface area contributed by atoms with Crippen LogP contribution in [-0.2, 0) is 31.0 Å². The summed E-state index contributed by atoms with van der Waals surface area (Å²) in [6.45, 7) is 1.98. The van der Waals surface area contributed by atoms with Crippen molar-refractivity contribution in [3.63, 3.8) is 0 Å². The van der Waals surface area contributed by atoms with Gasteiger partial charge in [0, 0.05) is 0 Å². The first-order valence-corrected chi connectivity index (χ1v) is 5.00. The van der Waals surface area contributed by atoms with Gasteiger partial charge in [0.1, 0.15) is 0 Å². The molecular formula is C7H5Cl2Y. The zero-order valence-electron chi connectivity index (χ0n) is 5.49. The molecule has 0 radical (unpaired) electrons. The molecule has 1 aromatic carbocycles. The third-order valence-corrected chi connectivity index (χ3v) is 3.64. The van der Waals surface area contributed by atoms with Crippen molar-refractivity contribution >= 4 is 25.6 Å². The van der Waals surface area contributed by atoms with E-state index in [9.17, 15) is 0 Å². The maximum atomic E-state index is 5.83. The summed E-state index contributed by atoms with van der Waals surface area (Å²) in [5, 5.41) is 1.54. The Kier molecular flexibility index (Phi) is 3.18. The third-order valence-electron chi connectivity index (χ3n) is 1.28. The number of aryl methyl sites for hydroxylation is 1. The molecule has 0 amide bonds. The second-order valence-electron chi connectivity index (χ2n) is 2.12. The maximum absolute atomic E-state index is 5.83. The first-order valence-electron chi connectivity index (χ1n) is 2.82. The predicted molar refractivity (Wildman–Crippen MR) is 40.8 cm³/mol. The van der Waals surface area contributed by atoms with Crippen LogP contribution in [0, 0.1) is 6.92 Å². The van der Waals surface area contributed by atoms with Crippen molar-refractivity contribution in [3.8, 4) is 0 Å². The Labute approximate surface area is 90.3 Å². The van der Waals surface area contributed by atoms with Crippen LogP contribution in [0.3, 0.4) is 0 Å². The van der Waals surface area contributed by atoms with Gasteiger partial charge in [-0.25, -0.2) is 0 Å². The van der Waals surface area contributed by atoms with Gasteiger partial charge >= 0.3 is 91.2 Å². The number of hydrogen-bond acceptors (Lipinski definition) is 0. The van der Waals surface area contributed by atoms with Gasteiger partial charge < -0.3 is 0 Å². The van der Waals surface area contributed by atoms with E-state index in [1.54, 1.807) is 6.07 Å². The molecule has 0 saturated carbocycles. The minimum absolute atomic E-state index is 0.753. The zero-order chi connectivity index (χ0) is 7.72. The standard InChI is InChI=1S/C7H5Cl2.Y/c1-5-2-3-6(8)4-7(5)9;/h2,4H,1H3;. The fourth-order valence-corrected chi connectivity index (χ4v) is 1.88. The van der Waals surface area contributed by atoms with Gasteiger partial charge in [0.2, 0.25) is 0 Å². The van der Waals surface area contributed by atoms with Gasteiger partial charge in [-0.15, -0.1) is 0 Å². The summed E-state index contributed by atoms with van der Waals surface area (Å²) < 4.78 is 1.20. The summed E-state index contributed by atoms with van der Waals surface area (Å²) in [6.07, 6.45) is 0. The van der Waals surface area contributed by atoms with Crippen LogP contribution in [0.5, 0.6) is 0 Å². The molecule has 0 saturated heterocycles. The van der Waals surface area contributed by atoms with E-state index in [1.807, 2.05) is 13.0 Å². The number of halogens is 2. The van der Waals surface area contributed by atoms with E-state index in [1.165, 1.54) is 2.37 Å². The van der Waals surface area contributed by atoms with Crippen LogP contribution < -0.4 is 2.37 Å². The average Bonchev–Trinajstić information content (AvgIpc) is 1.84. The molecule has 0 unspecified atom stereocenters. The normalized spacial score (nSPS) is 9.80. The van der Waals surface area contributed by atoms with Gasteiger partial charge in [-0.2, -0.15) is 0 Å². The van der Waals surface area contributed by atoms with Crippen LogP contribution >= 0.6 is 23.2 Å². The SMILES string of the molecule is Cc1c[c]([Y])c(Cl)cc1Cl. The molecule has 0 atom stereocenters. The summed E-state index contributed by atoms with van der Waals surface area (Å²) in [7, 11) is 0. The van der Waals surface area contributed by atoms with Crippen molar-refractivity contribution in [3.05, 3.63) is 27.7 Å². The van der Waals surface area contributed by atoms with Gasteiger partial charge in [-0.1, -0.05) is 0 Å². The van der Waals surface area contributed by atoms with Crippen molar-refractivity contribution in [2.45, 2.75) is 6.92 Å². The fourth-order valence-electron chi connectivity index (χ4n) is 0.680. The Morgan fingerprint density at radius 2 is 1.80 bits per heavy atom. The van der Waals surface area contributed by atoms with Crippen LogP contribution in [0.15, 0.2) is 12.1 Å². The molecular weight excluding hydrogens is 244 g/mol. The van der Waals surface area contributed by atoms with Gasteiger partial charge in [0.25, 0.3) is 0 Å². The molecule has 0 aliphatic carbocycles. The van der Waals surface area contributed by atoms with E-state index < -0.39 is 0 Å². The second-order valence-corrected chi connectivity index (χ2v) is 4.47. The van der Waals surface area contributed by atoms with E-state index in [0.717, 1.165) is 46.6 Å². The Balaban J connectivity index is 3.28. The summed E-state index contributed by atoms with van der Waals surface area (Å²) >= 11 is 12.7. The zero-order valence-corrected chi connectivity index (χ0v) is 9.84. The van der Waals surface area contributed by atoms with Gasteiger partial charge in [-0.3, -0.25) is 0 Å². The molecule has 10 heavy (non-hydrogen) atoms. The molecule has 0 fully saturated rings. The Hall–Kier alpha value is 0.904. The molecule has 0 spiro atoms. The van der Waals surface area contributed by atoms with E-state index in [2.05, 4.69) is 0 Å². The molecule has 0 aliphatic rings. The van der Waals surface area contributed by atoms with E-state index in [0.29, 0.717) is 0 Å². The predicted octanol–water partition coefficient (Wildman–Crippen LogP) is 2.47. The molecule has 1 aromatic rings. The number of hydrogen-bond donors (Lipinski definition) is 0. The van der Waals surface area contributed by atoms with Crippen LogP contribution in [0.25, 0.3) is 0 Å². The molecule has 0 N–H and O–H groups in total. The fraction of sp³-hybridized carbons (Fsp3) is 0.143. The number of rotatable bonds is 0. The van der Waals surface area contributed by atoms with Crippen LogP contribution in [-0.4, -0.2) is 0 Å². The van der Waals surface area contributed by atoms with Crippen LogP contribution in [0.1, 0.15) is 5.56 Å². The van der Waals surface area contributed by atoms with E-state index >= 15 is 0 Å². The Morgan fingerprint density at radius 3 is 2.30 bits per heavy atom. The molecule has 0 aromatic heterocycles. The van der Waals surface area contributed by atoms with Crippen LogP contribution in [0.2, 0.25) is 10.0 Å². The molecule has 1 rings (SSSR count). The van der Waals surface area contributed by atoms with E-state index in [-0.39, 0.29) is 0 Å². The first kappa shape index (κ1) is 9.00. The Morgan fingerprint density at radius 1 is 1.20 bits per heavy atom. The monoisotopic (exact) mass is 248 g/mol. The van der Waals surface area contributed by atoms with Crippen LogP contribution in [0.4, 0.5) is 0 Å². The third kappa shape index (κ3) is 1.95. The quantitative estimate of drug-likeness (QED) is 0.662. The van der Waals surface area contributed by atoms with Crippen molar-refractivity contribution < 1.29 is 31.0 Å². The average molecular weight is 249 g/mol. The summed E-state index contributed by atoms with van der Waals surface area (Å²) in [5.74, 6) is 0. The summed E-state index contributed by atoms with van der Waals surface area (Å²) in [5.41, 5.74) is 1.11. The van der Waals surface area contributed by atoms with Crippen molar-refractivity contribution in [1.29, 1.82) is 0 Å². The van der Waals surface area contributed by atoms with E-state index in [4.69, 9.17) is 23.2 Å². The number of benzene rings is 1. The van der Waals surface area contributed by atoms with Gasteiger partial charge in [0.15, 0.2) is 0 Å². The van der Waals surface area contributed by atoms with Gasteiger partial charge in [0.05, 0.1) is 0 Å². The topological polar surface area (TPSA) is 0 Å². The summed E-state index contributed by atoms with van der Waals surface area (Å²) in [4.78, 5) is 0. The second kappa shape index (κ2) is 3.53. The molecule has 0 nitrogen and oxygen atoms in total. The first-order chi connectivity index (χ1) is 4.61. The summed E-state index contributed by atoms with van der Waals surface area (Å²) in [6, 6.07) is 3.84. The molecule has 3 heteroatoms. The Bertz CT molecular complexity index is 208. The minimum atomic E-state index is 0.753. The van der Waals surface area contributed by atoms with Crippen molar-refractivity contribution in [2.24, 2.45) is 0 Å². The van der Waals surface area contributed by atoms with Gasteiger partial charge in [-0.05, 0) is 0 Å². The molecule has 0 bridgehead atoms. The molecule has 0 heterocycles. The van der Waals surface area contributed by atoms with Crippen molar-refractivity contribution in [1.82, 2.24) is 0 Å². The molecule has 0 aliphatic heterocycles.